The standard InChI is InChI=1S/C19H17F3N4O4/c1-10(2)7-14(17(28)25-15-9-23-5-6-24-15)26-13-4-3-11(30-19(20,21)22)8-12(13)16(27)18(26)29/h3-6,8-10,14H,7H2,1-2H3,(H,24,25,28). The van der Waals surface area contributed by atoms with Crippen LogP contribution in [-0.2, 0) is 9.59 Å². The van der Waals surface area contributed by atoms with Crippen molar-refractivity contribution in [3.05, 3.63) is 42.4 Å². The minimum Gasteiger partial charge on any atom is -0.406 e. The number of carbonyl (C=O) groups is 3. The molecular formula is C19H17F3N4O4. The number of benzene rings is 1. The predicted molar refractivity (Wildman–Crippen MR) is 98.8 cm³/mol. The summed E-state index contributed by atoms with van der Waals surface area (Å²) >= 11 is 0. The Bertz CT molecular complexity index is 979. The van der Waals surface area contributed by atoms with E-state index in [1.807, 2.05) is 13.8 Å². The minimum absolute atomic E-state index is 0.0394. The lowest BCUT2D eigenvalue weighted by atomic mass is 10.0. The van der Waals surface area contributed by atoms with Crippen LogP contribution in [0.15, 0.2) is 36.8 Å². The Hall–Kier alpha value is -3.50. The van der Waals surface area contributed by atoms with E-state index in [4.69, 9.17) is 0 Å². The van der Waals surface area contributed by atoms with Gasteiger partial charge in [0, 0.05) is 12.4 Å². The highest BCUT2D eigenvalue weighted by Crippen LogP contribution is 2.36. The Morgan fingerprint density at radius 2 is 1.97 bits per heavy atom. The molecule has 0 fully saturated rings. The number of alkyl halides is 3. The van der Waals surface area contributed by atoms with E-state index in [1.54, 1.807) is 0 Å². The molecule has 11 heteroatoms. The first-order chi connectivity index (χ1) is 14.1. The zero-order chi connectivity index (χ0) is 22.1. The fourth-order valence-corrected chi connectivity index (χ4v) is 3.10. The SMILES string of the molecule is CC(C)CC(C(=O)Nc1cnccn1)N1C(=O)C(=O)c2cc(OC(F)(F)F)ccc21. The molecule has 1 aromatic heterocycles. The Balaban J connectivity index is 1.95. The van der Waals surface area contributed by atoms with Crippen LogP contribution in [0.3, 0.4) is 0 Å². The molecular weight excluding hydrogens is 405 g/mol. The molecule has 0 radical (unpaired) electrons. The van der Waals surface area contributed by atoms with Gasteiger partial charge in [0.1, 0.15) is 11.8 Å². The Kier molecular flexibility index (Phi) is 5.72. The van der Waals surface area contributed by atoms with E-state index in [1.165, 1.54) is 18.6 Å². The second-order valence-electron chi connectivity index (χ2n) is 6.96. The van der Waals surface area contributed by atoms with E-state index in [9.17, 15) is 27.6 Å². The molecule has 1 N–H and O–H groups in total. The smallest absolute Gasteiger partial charge is 0.406 e. The Labute approximate surface area is 169 Å². The molecule has 1 unspecified atom stereocenters. The van der Waals surface area contributed by atoms with Gasteiger partial charge in [0.2, 0.25) is 5.91 Å². The second kappa shape index (κ2) is 8.09. The highest BCUT2D eigenvalue weighted by molar-refractivity contribution is 6.53. The van der Waals surface area contributed by atoms with Crippen molar-refractivity contribution < 1.29 is 32.3 Å². The summed E-state index contributed by atoms with van der Waals surface area (Å²) in [5, 5.41) is 2.54. The van der Waals surface area contributed by atoms with E-state index in [0.717, 1.165) is 23.1 Å². The van der Waals surface area contributed by atoms with Gasteiger partial charge < -0.3 is 10.1 Å². The zero-order valence-corrected chi connectivity index (χ0v) is 15.9. The van der Waals surface area contributed by atoms with E-state index in [2.05, 4.69) is 20.0 Å². The first-order valence-electron chi connectivity index (χ1n) is 8.91. The lowest BCUT2D eigenvalue weighted by Crippen LogP contribution is -2.47. The number of hydrogen-bond acceptors (Lipinski definition) is 6. The van der Waals surface area contributed by atoms with Crippen LogP contribution >= 0.6 is 0 Å². The minimum atomic E-state index is -4.95. The van der Waals surface area contributed by atoms with Crippen LogP contribution in [0.2, 0.25) is 0 Å². The summed E-state index contributed by atoms with van der Waals surface area (Å²) < 4.78 is 41.3. The summed E-state index contributed by atoms with van der Waals surface area (Å²) in [6, 6.07) is 1.90. The topological polar surface area (TPSA) is 101 Å². The molecule has 2 aromatic rings. The summed E-state index contributed by atoms with van der Waals surface area (Å²) in [6.07, 6.45) is -0.645. The maximum absolute atomic E-state index is 12.9. The third kappa shape index (κ3) is 4.56. The van der Waals surface area contributed by atoms with Crippen LogP contribution in [0.1, 0.15) is 30.6 Å². The van der Waals surface area contributed by atoms with Crippen LogP contribution in [-0.4, -0.2) is 40.0 Å². The van der Waals surface area contributed by atoms with E-state index < -0.39 is 35.8 Å². The van der Waals surface area contributed by atoms with Gasteiger partial charge in [-0.25, -0.2) is 4.98 Å². The highest BCUT2D eigenvalue weighted by Gasteiger charge is 2.43. The fraction of sp³-hybridized carbons (Fsp3) is 0.316. The first kappa shape index (κ1) is 21.2. The second-order valence-corrected chi connectivity index (χ2v) is 6.96. The molecule has 2 heterocycles. The molecule has 158 valence electrons. The number of hydrogen-bond donors (Lipinski definition) is 1. The number of aromatic nitrogens is 2. The van der Waals surface area contributed by atoms with Gasteiger partial charge in [0.05, 0.1) is 17.4 Å². The van der Waals surface area contributed by atoms with Crippen LogP contribution in [0.25, 0.3) is 0 Å². The summed E-state index contributed by atoms with van der Waals surface area (Å²) in [4.78, 5) is 46.7. The van der Waals surface area contributed by atoms with Gasteiger partial charge >= 0.3 is 6.36 Å². The monoisotopic (exact) mass is 422 g/mol. The molecule has 0 bridgehead atoms. The van der Waals surface area contributed by atoms with Crippen LogP contribution in [0, 0.1) is 5.92 Å². The number of carbonyl (C=O) groups excluding carboxylic acids is 3. The summed E-state index contributed by atoms with van der Waals surface area (Å²) in [5.74, 6) is -3.14. The fourth-order valence-electron chi connectivity index (χ4n) is 3.10. The van der Waals surface area contributed by atoms with E-state index in [0.29, 0.717) is 0 Å². The third-order valence-corrected chi connectivity index (χ3v) is 4.24. The highest BCUT2D eigenvalue weighted by atomic mass is 19.4. The molecule has 1 aliphatic heterocycles. The number of fused-ring (bicyclic) bond motifs is 1. The van der Waals surface area contributed by atoms with E-state index in [-0.39, 0.29) is 29.4 Å². The average molecular weight is 422 g/mol. The predicted octanol–water partition coefficient (Wildman–Crippen LogP) is 2.96. The number of anilines is 2. The molecule has 3 rings (SSSR count). The molecule has 1 aliphatic rings. The molecule has 1 atom stereocenters. The largest absolute Gasteiger partial charge is 0.573 e. The van der Waals surface area contributed by atoms with Gasteiger partial charge in [0.15, 0.2) is 5.82 Å². The van der Waals surface area contributed by atoms with Crippen molar-refractivity contribution >= 4 is 29.1 Å². The molecule has 0 saturated heterocycles. The van der Waals surface area contributed by atoms with Crippen molar-refractivity contribution in [2.45, 2.75) is 32.7 Å². The van der Waals surface area contributed by atoms with Crippen molar-refractivity contribution in [1.82, 2.24) is 9.97 Å². The lowest BCUT2D eigenvalue weighted by Gasteiger charge is -2.28. The first-order valence-corrected chi connectivity index (χ1v) is 8.91. The normalized spacial score (nSPS) is 14.7. The molecule has 0 saturated carbocycles. The third-order valence-electron chi connectivity index (χ3n) is 4.24. The van der Waals surface area contributed by atoms with Gasteiger partial charge in [-0.15, -0.1) is 13.2 Å². The van der Waals surface area contributed by atoms with Crippen molar-refractivity contribution in [1.29, 1.82) is 0 Å². The van der Waals surface area contributed by atoms with Gasteiger partial charge in [0.25, 0.3) is 11.7 Å². The number of amides is 2. The molecule has 30 heavy (non-hydrogen) atoms. The van der Waals surface area contributed by atoms with Crippen LogP contribution in [0.5, 0.6) is 5.75 Å². The average Bonchev–Trinajstić information content (AvgIpc) is 2.90. The molecule has 2 amide bonds. The summed E-state index contributed by atoms with van der Waals surface area (Å²) in [5.41, 5.74) is -0.220. The zero-order valence-electron chi connectivity index (χ0n) is 15.9. The van der Waals surface area contributed by atoms with Crippen molar-refractivity contribution in [3.8, 4) is 5.75 Å². The number of Topliss-reactive ketones (excluding diaryl/α,β-unsaturated/α-hetero) is 1. The molecule has 1 aromatic carbocycles. The van der Waals surface area contributed by atoms with Gasteiger partial charge in [-0.1, -0.05) is 13.8 Å². The van der Waals surface area contributed by atoms with Gasteiger partial charge in [-0.3, -0.25) is 24.3 Å². The molecule has 0 aliphatic carbocycles. The number of ether oxygens (including phenoxy) is 1. The van der Waals surface area contributed by atoms with Gasteiger partial charge in [-0.05, 0) is 30.5 Å². The Morgan fingerprint density at radius 1 is 1.23 bits per heavy atom. The Morgan fingerprint density at radius 3 is 2.57 bits per heavy atom. The molecule has 0 spiro atoms. The summed E-state index contributed by atoms with van der Waals surface area (Å²) in [7, 11) is 0. The van der Waals surface area contributed by atoms with E-state index >= 15 is 0 Å². The number of ketones is 1. The number of nitrogens with one attached hydrogen (secondary N) is 1. The van der Waals surface area contributed by atoms with Crippen molar-refractivity contribution in [2.75, 3.05) is 10.2 Å². The number of nitrogens with zero attached hydrogens (tertiary/aromatic N) is 3. The van der Waals surface area contributed by atoms with Gasteiger partial charge in [-0.2, -0.15) is 0 Å². The maximum Gasteiger partial charge on any atom is 0.573 e. The van der Waals surface area contributed by atoms with Crippen molar-refractivity contribution in [2.24, 2.45) is 5.92 Å². The lowest BCUT2D eigenvalue weighted by molar-refractivity contribution is -0.274. The number of halogens is 3. The van der Waals surface area contributed by atoms with Crippen LogP contribution < -0.4 is 15.0 Å². The summed E-state index contributed by atoms with van der Waals surface area (Å²) in [6.45, 7) is 3.65. The van der Waals surface area contributed by atoms with Crippen molar-refractivity contribution in [3.63, 3.8) is 0 Å². The quantitative estimate of drug-likeness (QED) is 0.719. The number of rotatable bonds is 6. The maximum atomic E-state index is 12.9. The van der Waals surface area contributed by atoms with Crippen LogP contribution in [0.4, 0.5) is 24.7 Å². The molecule has 8 nitrogen and oxygen atoms in total.